The number of piperidine rings is 1. The van der Waals surface area contributed by atoms with Gasteiger partial charge in [0.05, 0.1) is 11.5 Å². The molecule has 1 fully saturated rings. The predicted octanol–water partition coefficient (Wildman–Crippen LogP) is 2.26. The van der Waals surface area contributed by atoms with Crippen LogP contribution in [-0.2, 0) is 14.8 Å². The van der Waals surface area contributed by atoms with Crippen molar-refractivity contribution in [1.82, 2.24) is 4.90 Å². The summed E-state index contributed by atoms with van der Waals surface area (Å²) in [6.45, 7) is 4.65. The minimum absolute atomic E-state index is 0.196. The normalized spacial score (nSPS) is 19.9. The Labute approximate surface area is 178 Å². The maximum absolute atomic E-state index is 13.0. The third-order valence-corrected chi connectivity index (χ3v) is 8.02. The molecule has 2 aromatic rings. The number of aryl methyl sites for hydroxylation is 1. The number of nitrogens with one attached hydrogen (secondary N) is 1. The van der Waals surface area contributed by atoms with Crippen molar-refractivity contribution in [3.63, 3.8) is 0 Å². The van der Waals surface area contributed by atoms with E-state index < -0.39 is 15.9 Å². The molecule has 1 saturated heterocycles. The van der Waals surface area contributed by atoms with Gasteiger partial charge in [-0.05, 0) is 44.4 Å². The molecule has 1 aromatic carbocycles. The minimum atomic E-state index is -3.71. The molecule has 2 amide bonds. The maximum atomic E-state index is 13.0. The Hall–Kier alpha value is -2.72. The number of anilines is 1. The fourth-order valence-electron chi connectivity index (χ4n) is 3.93. The lowest BCUT2D eigenvalue weighted by Gasteiger charge is -2.33. The summed E-state index contributed by atoms with van der Waals surface area (Å²) < 4.78 is 28.7. The molecule has 0 aliphatic carbocycles. The first-order valence-corrected chi connectivity index (χ1v) is 11.8. The quantitative estimate of drug-likeness (QED) is 0.749. The van der Waals surface area contributed by atoms with Gasteiger partial charge in [0, 0.05) is 23.5 Å². The molecule has 0 bridgehead atoms. The Morgan fingerprint density at radius 3 is 2.73 bits per heavy atom. The summed E-state index contributed by atoms with van der Waals surface area (Å²) in [7, 11) is -3.71. The van der Waals surface area contributed by atoms with Gasteiger partial charge in [-0.15, -0.1) is 15.7 Å². The first-order chi connectivity index (χ1) is 14.2. The van der Waals surface area contributed by atoms with E-state index in [0.717, 1.165) is 16.9 Å². The number of amides is 2. The van der Waals surface area contributed by atoms with E-state index in [0.29, 0.717) is 41.5 Å². The van der Waals surface area contributed by atoms with Gasteiger partial charge < -0.3 is 16.0 Å². The van der Waals surface area contributed by atoms with Crippen molar-refractivity contribution >= 4 is 44.0 Å². The summed E-state index contributed by atoms with van der Waals surface area (Å²) in [4.78, 5) is 27.7. The Bertz CT molecular complexity index is 1180. The molecule has 0 radical (unpaired) electrons. The van der Waals surface area contributed by atoms with Crippen LogP contribution in [0.4, 0.5) is 5.00 Å². The third-order valence-electron chi connectivity index (χ3n) is 5.57. The highest BCUT2D eigenvalue weighted by Gasteiger charge is 2.35. The molecule has 10 heteroatoms. The van der Waals surface area contributed by atoms with Crippen molar-refractivity contribution in [1.29, 1.82) is 0 Å². The summed E-state index contributed by atoms with van der Waals surface area (Å²) in [5, 5.41) is 3.33. The van der Waals surface area contributed by atoms with Crippen molar-refractivity contribution < 1.29 is 18.0 Å². The van der Waals surface area contributed by atoms with Crippen molar-refractivity contribution in [2.75, 3.05) is 18.4 Å². The second-order valence-electron chi connectivity index (χ2n) is 7.51. The molecule has 3 N–H and O–H groups in total. The molecule has 30 heavy (non-hydrogen) atoms. The summed E-state index contributed by atoms with van der Waals surface area (Å²) >= 11 is 1.33. The van der Waals surface area contributed by atoms with Crippen molar-refractivity contribution in [3.05, 3.63) is 45.8 Å². The van der Waals surface area contributed by atoms with Crippen LogP contribution in [0.5, 0.6) is 0 Å². The van der Waals surface area contributed by atoms with Gasteiger partial charge in [-0.2, -0.15) is 8.42 Å². The highest BCUT2D eigenvalue weighted by atomic mass is 32.2. The average Bonchev–Trinajstić information content (AvgIpc) is 3.15. The van der Waals surface area contributed by atoms with Crippen molar-refractivity contribution in [2.24, 2.45) is 16.0 Å². The lowest BCUT2D eigenvalue weighted by atomic mass is 9.96. The number of nitrogens with zero attached hydrogens (tertiary/aromatic N) is 2. The maximum Gasteiger partial charge on any atom is 0.285 e. The number of sulfonamides is 1. The number of thiophene rings is 1. The van der Waals surface area contributed by atoms with Crippen LogP contribution in [0.1, 0.15) is 39.2 Å². The van der Waals surface area contributed by atoms with E-state index in [2.05, 4.69) is 9.71 Å². The third kappa shape index (κ3) is 3.50. The molecule has 2 aliphatic heterocycles. The molecule has 2 aliphatic rings. The number of likely N-dealkylation sites (tertiary alicyclic amines) is 1. The lowest BCUT2D eigenvalue weighted by molar-refractivity contribution is -0.121. The Morgan fingerprint density at radius 1 is 1.27 bits per heavy atom. The molecule has 0 saturated carbocycles. The van der Waals surface area contributed by atoms with Crippen LogP contribution in [-0.4, -0.2) is 44.1 Å². The van der Waals surface area contributed by atoms with Gasteiger partial charge in [-0.1, -0.05) is 12.1 Å². The van der Waals surface area contributed by atoms with E-state index in [4.69, 9.17) is 5.73 Å². The molecular weight excluding hydrogens is 424 g/mol. The van der Waals surface area contributed by atoms with Gasteiger partial charge in [-0.3, -0.25) is 9.59 Å². The average molecular weight is 447 g/mol. The van der Waals surface area contributed by atoms with Gasteiger partial charge >= 0.3 is 0 Å². The predicted molar refractivity (Wildman–Crippen MR) is 115 cm³/mol. The fourth-order valence-corrected chi connectivity index (χ4v) is 6.22. The van der Waals surface area contributed by atoms with Crippen molar-refractivity contribution in [3.8, 4) is 0 Å². The second kappa shape index (κ2) is 7.51. The van der Waals surface area contributed by atoms with Crippen molar-refractivity contribution in [2.45, 2.75) is 31.6 Å². The SMILES string of the molecule is Cc1sc(NC(=O)C2CCCN(C3=NS(=O)(=O)c4ccccc43)C2)c(C(N)=O)c1C. The van der Waals surface area contributed by atoms with Crippen LogP contribution in [0.25, 0.3) is 0 Å². The number of amidine groups is 1. The Kier molecular flexibility index (Phi) is 5.15. The largest absolute Gasteiger partial charge is 0.365 e. The highest BCUT2D eigenvalue weighted by Crippen LogP contribution is 2.34. The summed E-state index contributed by atoms with van der Waals surface area (Å²) in [6, 6.07) is 6.72. The van der Waals surface area contributed by atoms with E-state index in [-0.39, 0.29) is 16.7 Å². The number of hydrogen-bond donors (Lipinski definition) is 2. The van der Waals surface area contributed by atoms with Gasteiger partial charge in [0.15, 0.2) is 5.84 Å². The van der Waals surface area contributed by atoms with Crippen LogP contribution >= 0.6 is 11.3 Å². The smallest absolute Gasteiger partial charge is 0.285 e. The first kappa shape index (κ1) is 20.5. The molecule has 3 heterocycles. The molecular formula is C20H22N4O4S2. The van der Waals surface area contributed by atoms with Gasteiger partial charge in [0.2, 0.25) is 5.91 Å². The molecule has 4 rings (SSSR count). The van der Waals surface area contributed by atoms with Gasteiger partial charge in [0.25, 0.3) is 15.9 Å². The topological polar surface area (TPSA) is 122 Å². The van der Waals surface area contributed by atoms with E-state index in [1.54, 1.807) is 31.2 Å². The number of rotatable bonds is 3. The number of primary amides is 1. The molecule has 1 atom stereocenters. The Balaban J connectivity index is 1.55. The van der Waals surface area contributed by atoms with Crippen LogP contribution in [0.15, 0.2) is 33.6 Å². The second-order valence-corrected chi connectivity index (χ2v) is 10.3. The zero-order chi connectivity index (χ0) is 21.6. The zero-order valence-electron chi connectivity index (χ0n) is 16.6. The van der Waals surface area contributed by atoms with E-state index >= 15 is 0 Å². The van der Waals surface area contributed by atoms with E-state index in [9.17, 15) is 18.0 Å². The van der Waals surface area contributed by atoms with Crippen LogP contribution in [0, 0.1) is 19.8 Å². The number of carbonyl (C=O) groups is 2. The van der Waals surface area contributed by atoms with Crippen LogP contribution < -0.4 is 11.1 Å². The molecule has 8 nitrogen and oxygen atoms in total. The number of nitrogens with two attached hydrogens (primary N) is 1. The highest BCUT2D eigenvalue weighted by molar-refractivity contribution is 7.90. The molecule has 1 aromatic heterocycles. The molecule has 1 unspecified atom stereocenters. The zero-order valence-corrected chi connectivity index (χ0v) is 18.3. The van der Waals surface area contributed by atoms with Gasteiger partial charge in [-0.25, -0.2) is 0 Å². The van der Waals surface area contributed by atoms with Crippen LogP contribution in [0.2, 0.25) is 0 Å². The lowest BCUT2D eigenvalue weighted by Crippen LogP contribution is -2.43. The number of hydrogen-bond acceptors (Lipinski definition) is 6. The van der Waals surface area contributed by atoms with E-state index in [1.807, 2.05) is 11.8 Å². The van der Waals surface area contributed by atoms with E-state index in [1.165, 1.54) is 11.3 Å². The molecule has 158 valence electrons. The summed E-state index contributed by atoms with van der Waals surface area (Å²) in [5.74, 6) is -0.748. The number of carbonyl (C=O) groups excluding carboxylic acids is 2. The monoisotopic (exact) mass is 446 g/mol. The Morgan fingerprint density at radius 2 is 2.00 bits per heavy atom. The minimum Gasteiger partial charge on any atom is -0.365 e. The summed E-state index contributed by atoms with van der Waals surface area (Å²) in [6.07, 6.45) is 1.39. The number of fused-ring (bicyclic) bond motifs is 1. The summed E-state index contributed by atoms with van der Waals surface area (Å²) in [5.41, 5.74) is 7.18. The standard InChI is InChI=1S/C20H22N4O4S2/c1-11-12(2)29-20(16(11)17(21)25)22-19(26)13-6-5-9-24(10-13)18-14-7-3-4-8-15(14)30(27,28)23-18/h3-4,7-8,13H,5-6,9-10H2,1-2H3,(H2,21,25)(H,22,26). The first-order valence-electron chi connectivity index (χ1n) is 9.59. The van der Waals surface area contributed by atoms with Crippen LogP contribution in [0.3, 0.4) is 0 Å². The fraction of sp³-hybridized carbons (Fsp3) is 0.350. The number of benzene rings is 1. The molecule has 0 spiro atoms. The van der Waals surface area contributed by atoms with Gasteiger partial charge in [0.1, 0.15) is 9.90 Å².